The lowest BCUT2D eigenvalue weighted by Crippen LogP contribution is -2.29. The van der Waals surface area contributed by atoms with Crippen LogP contribution in [0.5, 0.6) is 40.2 Å². The van der Waals surface area contributed by atoms with E-state index in [2.05, 4.69) is 0 Å². The van der Waals surface area contributed by atoms with Crippen molar-refractivity contribution in [2.75, 3.05) is 48.3 Å². The maximum atomic E-state index is 11.0. The van der Waals surface area contributed by atoms with Crippen LogP contribution >= 0.6 is 0 Å². The summed E-state index contributed by atoms with van der Waals surface area (Å²) in [7, 11) is 5.88. The standard InChI is InChI=1S/C31H36O11/c1-36-22-8-6-17(10-24(22)42-27(13-32)28(34)16-5-7-21(33)23(9-16)37-2)30-19-14-41-31(20(19)15-40-30)18-11-25(38-3)29(35)26(12-18)39-4/h5-12,19-20,27-28,30-35H,13-15H2,1-4H3/t19-,20-,27-,28-,30+,31+/m1/s1. The van der Waals surface area contributed by atoms with E-state index in [1.165, 1.54) is 46.6 Å². The highest BCUT2D eigenvalue weighted by Crippen LogP contribution is 2.52. The van der Waals surface area contributed by atoms with Crippen LogP contribution in [0.25, 0.3) is 0 Å². The maximum absolute atomic E-state index is 11.0. The van der Waals surface area contributed by atoms with E-state index in [-0.39, 0.29) is 41.3 Å². The van der Waals surface area contributed by atoms with Gasteiger partial charge in [0.25, 0.3) is 0 Å². The number of phenols is 2. The van der Waals surface area contributed by atoms with Crippen LogP contribution in [0.3, 0.4) is 0 Å². The molecule has 0 saturated carbocycles. The lowest BCUT2D eigenvalue weighted by molar-refractivity contribution is -0.00102. The first-order chi connectivity index (χ1) is 20.3. The molecule has 2 fully saturated rings. The number of fused-ring (bicyclic) bond motifs is 1. The number of hydrogen-bond acceptors (Lipinski definition) is 11. The summed E-state index contributed by atoms with van der Waals surface area (Å²) in [5.74, 6) is 1.48. The first kappa shape index (κ1) is 29.6. The van der Waals surface area contributed by atoms with Crippen molar-refractivity contribution in [1.29, 1.82) is 0 Å². The van der Waals surface area contributed by atoms with E-state index < -0.39 is 18.8 Å². The molecule has 6 atom stereocenters. The minimum atomic E-state index is -1.23. The van der Waals surface area contributed by atoms with Gasteiger partial charge in [-0.15, -0.1) is 0 Å². The van der Waals surface area contributed by atoms with E-state index >= 15 is 0 Å². The van der Waals surface area contributed by atoms with Crippen molar-refractivity contribution < 1.29 is 53.6 Å². The van der Waals surface area contributed by atoms with Crippen molar-refractivity contribution in [2.45, 2.75) is 24.4 Å². The van der Waals surface area contributed by atoms with E-state index in [4.69, 9.17) is 33.2 Å². The molecule has 0 unspecified atom stereocenters. The Morgan fingerprint density at radius 1 is 0.714 bits per heavy atom. The van der Waals surface area contributed by atoms with Crippen LogP contribution < -0.4 is 23.7 Å². The van der Waals surface area contributed by atoms with E-state index in [0.717, 1.165) is 11.1 Å². The third kappa shape index (κ3) is 5.48. The van der Waals surface area contributed by atoms with Crippen LogP contribution in [0.2, 0.25) is 0 Å². The summed E-state index contributed by atoms with van der Waals surface area (Å²) in [6.07, 6.45) is -2.85. The van der Waals surface area contributed by atoms with Gasteiger partial charge in [0.2, 0.25) is 5.75 Å². The first-order valence-corrected chi connectivity index (χ1v) is 13.5. The molecule has 0 aliphatic carbocycles. The zero-order chi connectivity index (χ0) is 30.0. The molecule has 0 spiro atoms. The van der Waals surface area contributed by atoms with E-state index in [1.54, 1.807) is 24.3 Å². The molecule has 5 rings (SSSR count). The van der Waals surface area contributed by atoms with Crippen LogP contribution in [-0.2, 0) is 9.47 Å². The van der Waals surface area contributed by atoms with Gasteiger partial charge in [0.1, 0.15) is 6.10 Å². The largest absolute Gasteiger partial charge is 0.504 e. The average molecular weight is 585 g/mol. The minimum Gasteiger partial charge on any atom is -0.504 e. The molecule has 0 aromatic heterocycles. The fourth-order valence-electron chi connectivity index (χ4n) is 5.73. The quantitative estimate of drug-likeness (QED) is 0.262. The summed E-state index contributed by atoms with van der Waals surface area (Å²) in [6, 6.07) is 13.4. The Morgan fingerprint density at radius 3 is 1.86 bits per heavy atom. The van der Waals surface area contributed by atoms with Crippen LogP contribution in [0.1, 0.15) is 35.0 Å². The number of rotatable bonds is 11. The Balaban J connectivity index is 1.37. The summed E-state index contributed by atoms with van der Waals surface area (Å²) < 4.78 is 39.9. The monoisotopic (exact) mass is 584 g/mol. The zero-order valence-corrected chi connectivity index (χ0v) is 23.9. The van der Waals surface area contributed by atoms with E-state index in [9.17, 15) is 20.4 Å². The molecule has 42 heavy (non-hydrogen) atoms. The molecule has 3 aromatic carbocycles. The molecule has 11 heteroatoms. The Labute approximate surface area is 243 Å². The second-order valence-electron chi connectivity index (χ2n) is 10.2. The third-order valence-corrected chi connectivity index (χ3v) is 7.97. The van der Waals surface area contributed by atoms with Crippen LogP contribution in [0, 0.1) is 11.8 Å². The van der Waals surface area contributed by atoms with Gasteiger partial charge in [-0.25, -0.2) is 0 Å². The summed E-state index contributed by atoms with van der Waals surface area (Å²) in [6.45, 7) is 0.417. The molecule has 2 aliphatic heterocycles. The number of aliphatic hydroxyl groups is 2. The summed E-state index contributed by atoms with van der Waals surface area (Å²) in [5.41, 5.74) is 2.06. The van der Waals surface area contributed by atoms with Gasteiger partial charge >= 0.3 is 0 Å². The van der Waals surface area contributed by atoms with Gasteiger partial charge in [-0.2, -0.15) is 0 Å². The lowest BCUT2D eigenvalue weighted by Gasteiger charge is -2.25. The fraction of sp³-hybridized carbons (Fsp3) is 0.419. The summed E-state index contributed by atoms with van der Waals surface area (Å²) in [5, 5.41) is 41.4. The Hall–Kier alpha value is -3.90. The minimum absolute atomic E-state index is 0.0331. The fourth-order valence-corrected chi connectivity index (χ4v) is 5.73. The zero-order valence-electron chi connectivity index (χ0n) is 23.9. The van der Waals surface area contributed by atoms with Gasteiger partial charge in [0.15, 0.2) is 40.6 Å². The number of methoxy groups -OCH3 is 4. The van der Waals surface area contributed by atoms with Crippen molar-refractivity contribution in [1.82, 2.24) is 0 Å². The average Bonchev–Trinajstić information content (AvgIpc) is 3.62. The molecule has 4 N–H and O–H groups in total. The molecule has 2 heterocycles. The molecule has 2 aliphatic rings. The van der Waals surface area contributed by atoms with Crippen LogP contribution in [0.15, 0.2) is 48.5 Å². The van der Waals surface area contributed by atoms with Crippen molar-refractivity contribution in [3.8, 4) is 40.2 Å². The highest BCUT2D eigenvalue weighted by atomic mass is 16.5. The predicted octanol–water partition coefficient (Wildman–Crippen LogP) is 3.68. The maximum Gasteiger partial charge on any atom is 0.200 e. The molecule has 0 radical (unpaired) electrons. The lowest BCUT2D eigenvalue weighted by atomic mass is 9.84. The highest BCUT2D eigenvalue weighted by Gasteiger charge is 2.48. The van der Waals surface area contributed by atoms with E-state index in [1.807, 2.05) is 6.07 Å². The Bertz CT molecular complexity index is 1370. The van der Waals surface area contributed by atoms with Gasteiger partial charge < -0.3 is 53.6 Å². The van der Waals surface area contributed by atoms with Gasteiger partial charge in [-0.1, -0.05) is 12.1 Å². The van der Waals surface area contributed by atoms with Crippen molar-refractivity contribution in [3.63, 3.8) is 0 Å². The molecule has 3 aromatic rings. The van der Waals surface area contributed by atoms with Crippen LogP contribution in [0.4, 0.5) is 0 Å². The number of ether oxygens (including phenoxy) is 7. The molecule has 226 valence electrons. The third-order valence-electron chi connectivity index (χ3n) is 7.97. The van der Waals surface area contributed by atoms with Crippen molar-refractivity contribution in [2.24, 2.45) is 11.8 Å². The predicted molar refractivity (Wildman–Crippen MR) is 150 cm³/mol. The second kappa shape index (κ2) is 12.5. The Morgan fingerprint density at radius 2 is 1.29 bits per heavy atom. The molecular weight excluding hydrogens is 548 g/mol. The van der Waals surface area contributed by atoms with Gasteiger partial charge in [0, 0.05) is 11.8 Å². The molecule has 2 saturated heterocycles. The number of aromatic hydroxyl groups is 2. The summed E-state index contributed by atoms with van der Waals surface area (Å²) >= 11 is 0. The molecule has 0 amide bonds. The van der Waals surface area contributed by atoms with Crippen LogP contribution in [-0.4, -0.2) is 74.8 Å². The van der Waals surface area contributed by atoms with Crippen molar-refractivity contribution >= 4 is 0 Å². The topological polar surface area (TPSA) is 146 Å². The molecular formula is C31H36O11. The smallest absolute Gasteiger partial charge is 0.200 e. The summed E-state index contributed by atoms with van der Waals surface area (Å²) in [4.78, 5) is 0. The van der Waals surface area contributed by atoms with E-state index in [0.29, 0.717) is 41.8 Å². The molecule has 0 bridgehead atoms. The van der Waals surface area contributed by atoms with Gasteiger partial charge in [-0.05, 0) is 53.1 Å². The van der Waals surface area contributed by atoms with Gasteiger partial charge in [0.05, 0.1) is 60.5 Å². The SMILES string of the molecule is COc1cc([C@@H](O)[C@@H](CO)Oc2cc([C@@H]3OC[C@@H]4[C@H]3CO[C@H]4c3cc(OC)c(O)c(OC)c3)ccc2OC)ccc1O. The number of benzene rings is 3. The van der Waals surface area contributed by atoms with Crippen molar-refractivity contribution in [3.05, 3.63) is 65.2 Å². The first-order valence-electron chi connectivity index (χ1n) is 13.5. The second-order valence-corrected chi connectivity index (χ2v) is 10.2. The molecule has 11 nitrogen and oxygen atoms in total. The number of aliphatic hydroxyl groups excluding tert-OH is 2. The van der Waals surface area contributed by atoms with Gasteiger partial charge in [-0.3, -0.25) is 0 Å². The number of hydrogen-bond donors (Lipinski definition) is 4. The number of phenolic OH excluding ortho intramolecular Hbond substituents is 2. The Kier molecular flexibility index (Phi) is 8.83. The highest BCUT2D eigenvalue weighted by molar-refractivity contribution is 5.53. The normalized spacial score (nSPS) is 22.7.